The fourth-order valence-electron chi connectivity index (χ4n) is 4.08. The zero-order valence-electron chi connectivity index (χ0n) is 17.0. The molecule has 6 heteroatoms. The number of nitrogens with zero attached hydrogens (tertiary/aromatic N) is 3. The molecule has 6 nitrogen and oxygen atoms in total. The van der Waals surface area contributed by atoms with E-state index in [0.29, 0.717) is 34.9 Å². The van der Waals surface area contributed by atoms with Crippen LogP contribution in [0.2, 0.25) is 0 Å². The van der Waals surface area contributed by atoms with Gasteiger partial charge in [-0.1, -0.05) is 30.3 Å². The van der Waals surface area contributed by atoms with Crippen molar-refractivity contribution in [1.29, 1.82) is 0 Å². The summed E-state index contributed by atoms with van der Waals surface area (Å²) in [5, 5.41) is 3.54. The Labute approximate surface area is 175 Å². The van der Waals surface area contributed by atoms with Crippen LogP contribution in [0.4, 0.5) is 5.95 Å². The maximum atomic E-state index is 13.4. The van der Waals surface area contributed by atoms with Crippen molar-refractivity contribution in [3.63, 3.8) is 0 Å². The van der Waals surface area contributed by atoms with Crippen LogP contribution in [-0.4, -0.2) is 35.1 Å². The highest BCUT2D eigenvalue weighted by molar-refractivity contribution is 5.97. The molecule has 1 aliphatic carbocycles. The van der Waals surface area contributed by atoms with Crippen molar-refractivity contribution in [2.45, 2.75) is 32.2 Å². The van der Waals surface area contributed by atoms with Crippen LogP contribution in [0.25, 0.3) is 10.9 Å². The maximum Gasteiger partial charge on any atom is 0.263 e. The Morgan fingerprint density at radius 1 is 1.07 bits per heavy atom. The second-order valence-corrected chi connectivity index (χ2v) is 8.37. The zero-order valence-corrected chi connectivity index (χ0v) is 17.0. The van der Waals surface area contributed by atoms with E-state index in [2.05, 4.69) is 10.2 Å². The molecule has 1 amide bonds. The monoisotopic (exact) mass is 402 g/mol. The predicted octanol–water partition coefficient (Wildman–Crippen LogP) is 3.18. The van der Waals surface area contributed by atoms with Crippen molar-refractivity contribution in [3.05, 3.63) is 70.0 Å². The number of carbonyl (C=O) groups is 1. The van der Waals surface area contributed by atoms with Gasteiger partial charge in [0.1, 0.15) is 0 Å². The van der Waals surface area contributed by atoms with E-state index in [1.54, 1.807) is 22.8 Å². The van der Waals surface area contributed by atoms with Gasteiger partial charge < -0.3 is 10.2 Å². The van der Waals surface area contributed by atoms with E-state index in [0.717, 1.165) is 38.0 Å². The van der Waals surface area contributed by atoms with E-state index < -0.39 is 0 Å². The molecule has 2 aromatic carbocycles. The first-order valence-corrected chi connectivity index (χ1v) is 10.8. The van der Waals surface area contributed by atoms with Crippen molar-refractivity contribution >= 4 is 22.8 Å². The molecule has 0 atom stereocenters. The van der Waals surface area contributed by atoms with Crippen LogP contribution in [0.1, 0.15) is 41.6 Å². The highest BCUT2D eigenvalue weighted by Crippen LogP contribution is 2.27. The van der Waals surface area contributed by atoms with Gasteiger partial charge in [0.05, 0.1) is 17.4 Å². The minimum atomic E-state index is -0.0956. The van der Waals surface area contributed by atoms with Gasteiger partial charge in [0, 0.05) is 25.2 Å². The van der Waals surface area contributed by atoms with Crippen molar-refractivity contribution in [2.75, 3.05) is 24.5 Å². The van der Waals surface area contributed by atoms with Gasteiger partial charge in [0.2, 0.25) is 5.95 Å². The summed E-state index contributed by atoms with van der Waals surface area (Å²) in [7, 11) is 0. The predicted molar refractivity (Wildman–Crippen MR) is 118 cm³/mol. The lowest BCUT2D eigenvalue weighted by molar-refractivity contribution is 0.0952. The third-order valence-corrected chi connectivity index (χ3v) is 6.02. The third kappa shape index (κ3) is 3.82. The minimum Gasteiger partial charge on any atom is -0.352 e. The van der Waals surface area contributed by atoms with Gasteiger partial charge in [-0.15, -0.1) is 0 Å². The second kappa shape index (κ2) is 7.94. The molecule has 30 heavy (non-hydrogen) atoms. The third-order valence-electron chi connectivity index (χ3n) is 6.02. The lowest BCUT2D eigenvalue weighted by Crippen LogP contribution is -2.32. The number of amides is 1. The number of aromatic nitrogens is 2. The first kappa shape index (κ1) is 18.9. The van der Waals surface area contributed by atoms with E-state index in [9.17, 15) is 9.59 Å². The Hall–Kier alpha value is -3.15. The zero-order chi connectivity index (χ0) is 20.5. The van der Waals surface area contributed by atoms with Gasteiger partial charge in [-0.05, 0) is 55.4 Å². The minimum absolute atomic E-state index is 0.0595. The topological polar surface area (TPSA) is 67.2 Å². The molecular formula is C24H26N4O2. The molecule has 3 aromatic rings. The number of fused-ring (bicyclic) bond motifs is 1. The number of nitrogens with one attached hydrogen (secondary N) is 1. The Balaban J connectivity index is 1.55. The van der Waals surface area contributed by atoms with Gasteiger partial charge in [-0.25, -0.2) is 4.98 Å². The largest absolute Gasteiger partial charge is 0.352 e. The molecule has 0 bridgehead atoms. The lowest BCUT2D eigenvalue weighted by Gasteiger charge is -2.22. The fourth-order valence-corrected chi connectivity index (χ4v) is 4.08. The van der Waals surface area contributed by atoms with Crippen LogP contribution in [-0.2, 0) is 6.54 Å². The summed E-state index contributed by atoms with van der Waals surface area (Å²) >= 11 is 0. The normalized spacial score (nSPS) is 16.2. The molecule has 0 spiro atoms. The maximum absolute atomic E-state index is 13.4. The summed E-state index contributed by atoms with van der Waals surface area (Å²) in [6, 6.07) is 15.2. The summed E-state index contributed by atoms with van der Waals surface area (Å²) in [5.74, 6) is 1.23. The van der Waals surface area contributed by atoms with Crippen LogP contribution in [0.5, 0.6) is 0 Å². The molecule has 1 aliphatic heterocycles. The first-order chi connectivity index (χ1) is 14.7. The van der Waals surface area contributed by atoms with E-state index in [1.807, 2.05) is 30.3 Å². The molecule has 154 valence electrons. The van der Waals surface area contributed by atoms with Gasteiger partial charge in [-0.3, -0.25) is 14.2 Å². The summed E-state index contributed by atoms with van der Waals surface area (Å²) in [4.78, 5) is 33.0. The van der Waals surface area contributed by atoms with E-state index in [1.165, 1.54) is 12.8 Å². The average Bonchev–Trinajstić information content (AvgIpc) is 3.45. The summed E-state index contributed by atoms with van der Waals surface area (Å²) < 4.78 is 1.77. The SMILES string of the molecule is O=C(NCC1CC1)c1ccc2c(=O)n(Cc3ccccc3)c(N3CCCC3)nc2c1. The molecule has 0 unspecified atom stereocenters. The molecular weight excluding hydrogens is 376 g/mol. The number of rotatable bonds is 6. The highest BCUT2D eigenvalue weighted by atomic mass is 16.1. The van der Waals surface area contributed by atoms with Crippen LogP contribution in [0.3, 0.4) is 0 Å². The van der Waals surface area contributed by atoms with Crippen LogP contribution >= 0.6 is 0 Å². The van der Waals surface area contributed by atoms with Crippen LogP contribution in [0, 0.1) is 5.92 Å². The number of carbonyl (C=O) groups excluding carboxylic acids is 1. The van der Waals surface area contributed by atoms with Gasteiger partial charge in [0.25, 0.3) is 11.5 Å². The number of hydrogen-bond acceptors (Lipinski definition) is 4. The first-order valence-electron chi connectivity index (χ1n) is 10.8. The quantitative estimate of drug-likeness (QED) is 0.688. The average molecular weight is 402 g/mol. The molecule has 2 aliphatic rings. The molecule has 0 radical (unpaired) electrons. The summed E-state index contributed by atoms with van der Waals surface area (Å²) in [6.45, 7) is 3.00. The lowest BCUT2D eigenvalue weighted by atomic mass is 10.1. The molecule has 1 saturated carbocycles. The Kier molecular flexibility index (Phi) is 4.99. The van der Waals surface area contributed by atoms with Crippen molar-refractivity contribution in [3.8, 4) is 0 Å². The fraction of sp³-hybridized carbons (Fsp3) is 0.375. The van der Waals surface area contributed by atoms with Gasteiger partial charge >= 0.3 is 0 Å². The standard InChI is InChI=1S/C24H26N4O2/c29-22(25-15-17-8-9-17)19-10-11-20-21(14-19)26-24(27-12-4-5-13-27)28(23(20)30)16-18-6-2-1-3-7-18/h1-3,6-7,10-11,14,17H,4-5,8-9,12-13,15-16H2,(H,25,29). The van der Waals surface area contributed by atoms with Crippen molar-refractivity contribution < 1.29 is 4.79 Å². The Morgan fingerprint density at radius 2 is 1.83 bits per heavy atom. The van der Waals surface area contributed by atoms with E-state index in [4.69, 9.17) is 4.98 Å². The molecule has 2 heterocycles. The van der Waals surface area contributed by atoms with E-state index >= 15 is 0 Å². The molecule has 1 aromatic heterocycles. The smallest absolute Gasteiger partial charge is 0.263 e. The molecule has 1 saturated heterocycles. The number of hydrogen-bond donors (Lipinski definition) is 1. The van der Waals surface area contributed by atoms with Crippen LogP contribution < -0.4 is 15.8 Å². The summed E-state index contributed by atoms with van der Waals surface area (Å²) in [5.41, 5.74) is 2.15. The number of anilines is 1. The highest BCUT2D eigenvalue weighted by Gasteiger charge is 2.23. The Bertz CT molecular complexity index is 1130. The van der Waals surface area contributed by atoms with E-state index in [-0.39, 0.29) is 11.5 Å². The van der Waals surface area contributed by atoms with Crippen molar-refractivity contribution in [2.24, 2.45) is 5.92 Å². The molecule has 1 N–H and O–H groups in total. The van der Waals surface area contributed by atoms with Gasteiger partial charge in [-0.2, -0.15) is 0 Å². The molecule has 5 rings (SSSR count). The summed E-state index contributed by atoms with van der Waals surface area (Å²) in [6.07, 6.45) is 4.59. The molecule has 2 fully saturated rings. The number of benzene rings is 2. The van der Waals surface area contributed by atoms with Crippen molar-refractivity contribution in [1.82, 2.24) is 14.9 Å². The second-order valence-electron chi connectivity index (χ2n) is 8.37. The van der Waals surface area contributed by atoms with Crippen LogP contribution in [0.15, 0.2) is 53.3 Å². The Morgan fingerprint density at radius 3 is 2.57 bits per heavy atom. The van der Waals surface area contributed by atoms with Gasteiger partial charge in [0.15, 0.2) is 0 Å².